The summed E-state index contributed by atoms with van der Waals surface area (Å²) in [5, 5.41) is 2.05. The van der Waals surface area contributed by atoms with Crippen LogP contribution in [-0.4, -0.2) is 36.2 Å². The molecule has 1 unspecified atom stereocenters. The lowest BCUT2D eigenvalue weighted by molar-refractivity contribution is 0.0242. The number of ether oxygens (including phenoxy) is 1. The van der Waals surface area contributed by atoms with Gasteiger partial charge in [-0.1, -0.05) is 41.9 Å². The summed E-state index contributed by atoms with van der Waals surface area (Å²) >= 11 is 6.08. The minimum absolute atomic E-state index is 0.215. The van der Waals surface area contributed by atoms with E-state index in [1.807, 2.05) is 12.1 Å². The van der Waals surface area contributed by atoms with E-state index in [2.05, 4.69) is 52.5 Å². The van der Waals surface area contributed by atoms with Crippen molar-refractivity contribution in [3.63, 3.8) is 0 Å². The van der Waals surface area contributed by atoms with Crippen molar-refractivity contribution < 1.29 is 4.74 Å². The van der Waals surface area contributed by atoms with Crippen LogP contribution in [0.15, 0.2) is 54.7 Å². The Balaban J connectivity index is 1.82. The van der Waals surface area contributed by atoms with Crippen molar-refractivity contribution in [2.45, 2.75) is 6.04 Å². The van der Waals surface area contributed by atoms with Crippen molar-refractivity contribution in [1.29, 1.82) is 0 Å². The lowest BCUT2D eigenvalue weighted by Gasteiger charge is -2.34. The molecular weight excluding hydrogens is 308 g/mol. The van der Waals surface area contributed by atoms with Gasteiger partial charge in [0.2, 0.25) is 0 Å². The summed E-state index contributed by atoms with van der Waals surface area (Å²) in [6.45, 7) is 3.44. The molecule has 2 aromatic carbocycles. The first-order valence-corrected chi connectivity index (χ1v) is 8.34. The molecule has 23 heavy (non-hydrogen) atoms. The molecule has 4 heteroatoms. The van der Waals surface area contributed by atoms with Crippen LogP contribution in [0.25, 0.3) is 10.9 Å². The van der Waals surface area contributed by atoms with E-state index in [4.69, 9.17) is 16.3 Å². The Morgan fingerprint density at radius 3 is 2.52 bits per heavy atom. The summed E-state index contributed by atoms with van der Waals surface area (Å²) in [7, 11) is 0. The molecule has 1 aliphatic rings. The molecule has 0 radical (unpaired) electrons. The molecule has 118 valence electrons. The smallest absolute Gasteiger partial charge is 0.0624 e. The summed E-state index contributed by atoms with van der Waals surface area (Å²) in [6, 6.07) is 16.9. The first-order valence-electron chi connectivity index (χ1n) is 7.96. The highest BCUT2D eigenvalue weighted by atomic mass is 35.5. The monoisotopic (exact) mass is 326 g/mol. The fourth-order valence-corrected chi connectivity index (χ4v) is 3.51. The maximum atomic E-state index is 6.08. The Labute approximate surface area is 140 Å². The molecule has 1 saturated heterocycles. The predicted molar refractivity (Wildman–Crippen MR) is 94.0 cm³/mol. The second-order valence-corrected chi connectivity index (χ2v) is 6.33. The quantitative estimate of drug-likeness (QED) is 0.779. The van der Waals surface area contributed by atoms with Crippen molar-refractivity contribution in [3.8, 4) is 0 Å². The van der Waals surface area contributed by atoms with E-state index >= 15 is 0 Å². The zero-order valence-corrected chi connectivity index (χ0v) is 13.6. The minimum Gasteiger partial charge on any atom is -0.379 e. The van der Waals surface area contributed by atoms with Gasteiger partial charge in [0.15, 0.2) is 0 Å². The number of nitrogens with one attached hydrogen (secondary N) is 1. The van der Waals surface area contributed by atoms with Crippen LogP contribution in [0.5, 0.6) is 0 Å². The molecular formula is C19H19ClN2O. The second-order valence-electron chi connectivity index (χ2n) is 5.89. The van der Waals surface area contributed by atoms with Gasteiger partial charge in [-0.05, 0) is 29.3 Å². The van der Waals surface area contributed by atoms with Gasteiger partial charge in [-0.2, -0.15) is 0 Å². The van der Waals surface area contributed by atoms with Crippen molar-refractivity contribution in [2.75, 3.05) is 26.3 Å². The standard InChI is InChI=1S/C19H19ClN2O/c20-15-7-5-14(6-8-15)19(22-9-11-23-12-10-22)17-13-21-18-4-2-1-3-16(17)18/h1-8,13,19,21H,9-12H2. The second kappa shape index (κ2) is 6.36. The van der Waals surface area contributed by atoms with Crippen LogP contribution >= 0.6 is 11.6 Å². The van der Waals surface area contributed by atoms with Gasteiger partial charge >= 0.3 is 0 Å². The molecule has 0 amide bonds. The number of H-pyrrole nitrogens is 1. The molecule has 0 bridgehead atoms. The Hall–Kier alpha value is -1.81. The summed E-state index contributed by atoms with van der Waals surface area (Å²) in [5.74, 6) is 0. The van der Waals surface area contributed by atoms with E-state index in [1.54, 1.807) is 0 Å². The van der Waals surface area contributed by atoms with Crippen LogP contribution in [0.2, 0.25) is 5.02 Å². The van der Waals surface area contributed by atoms with E-state index < -0.39 is 0 Å². The molecule has 1 atom stereocenters. The average Bonchev–Trinajstić information content (AvgIpc) is 3.02. The minimum atomic E-state index is 0.215. The number of nitrogens with zero attached hydrogens (tertiary/aromatic N) is 1. The first-order chi connectivity index (χ1) is 11.3. The van der Waals surface area contributed by atoms with Gasteiger partial charge in [0, 0.05) is 35.2 Å². The van der Waals surface area contributed by atoms with Gasteiger partial charge < -0.3 is 9.72 Å². The van der Waals surface area contributed by atoms with Crippen molar-refractivity contribution in [1.82, 2.24) is 9.88 Å². The van der Waals surface area contributed by atoms with Crippen LogP contribution in [0, 0.1) is 0 Å². The first kappa shape index (κ1) is 14.8. The molecule has 1 aromatic heterocycles. The number of hydrogen-bond donors (Lipinski definition) is 1. The number of para-hydroxylation sites is 1. The number of halogens is 1. The number of hydrogen-bond acceptors (Lipinski definition) is 2. The van der Waals surface area contributed by atoms with Gasteiger partial charge in [0.05, 0.1) is 19.3 Å². The maximum Gasteiger partial charge on any atom is 0.0624 e. The Morgan fingerprint density at radius 2 is 1.74 bits per heavy atom. The normalized spacial score (nSPS) is 17.4. The Kier molecular flexibility index (Phi) is 4.08. The lowest BCUT2D eigenvalue weighted by atomic mass is 9.96. The third-order valence-corrected chi connectivity index (χ3v) is 4.76. The summed E-state index contributed by atoms with van der Waals surface area (Å²) in [6.07, 6.45) is 2.14. The molecule has 0 spiro atoms. The molecule has 1 N–H and O–H groups in total. The highest BCUT2D eigenvalue weighted by Gasteiger charge is 2.26. The number of rotatable bonds is 3. The highest BCUT2D eigenvalue weighted by Crippen LogP contribution is 2.34. The topological polar surface area (TPSA) is 28.3 Å². The van der Waals surface area contributed by atoms with Gasteiger partial charge in [-0.25, -0.2) is 0 Å². The zero-order chi connectivity index (χ0) is 15.6. The zero-order valence-electron chi connectivity index (χ0n) is 12.8. The van der Waals surface area contributed by atoms with Crippen LogP contribution in [0.4, 0.5) is 0 Å². The van der Waals surface area contributed by atoms with Crippen molar-refractivity contribution in [2.24, 2.45) is 0 Å². The van der Waals surface area contributed by atoms with E-state index in [0.717, 1.165) is 31.3 Å². The predicted octanol–water partition coefficient (Wildman–Crippen LogP) is 4.24. The van der Waals surface area contributed by atoms with Gasteiger partial charge in [-0.15, -0.1) is 0 Å². The van der Waals surface area contributed by atoms with E-state index in [9.17, 15) is 0 Å². The lowest BCUT2D eigenvalue weighted by Crippen LogP contribution is -2.39. The Bertz CT molecular complexity index is 790. The summed E-state index contributed by atoms with van der Waals surface area (Å²) in [4.78, 5) is 5.89. The van der Waals surface area contributed by atoms with Crippen molar-refractivity contribution in [3.05, 3.63) is 70.9 Å². The van der Waals surface area contributed by atoms with E-state index in [-0.39, 0.29) is 6.04 Å². The fourth-order valence-electron chi connectivity index (χ4n) is 3.39. The SMILES string of the molecule is Clc1ccc(C(c2c[nH]c3ccccc23)N2CCOCC2)cc1. The number of morpholine rings is 1. The summed E-state index contributed by atoms with van der Waals surface area (Å²) in [5.41, 5.74) is 3.75. The molecule has 2 heterocycles. The molecule has 3 nitrogen and oxygen atoms in total. The number of aromatic amines is 1. The van der Waals surface area contributed by atoms with Crippen LogP contribution in [-0.2, 0) is 4.74 Å². The average molecular weight is 327 g/mol. The third-order valence-electron chi connectivity index (χ3n) is 4.51. The third kappa shape index (κ3) is 2.88. The molecule has 1 fully saturated rings. The molecule has 0 saturated carbocycles. The van der Waals surface area contributed by atoms with Crippen LogP contribution < -0.4 is 0 Å². The maximum absolute atomic E-state index is 6.08. The molecule has 0 aliphatic carbocycles. The summed E-state index contributed by atoms with van der Waals surface area (Å²) < 4.78 is 5.54. The number of benzene rings is 2. The molecule has 3 aromatic rings. The largest absolute Gasteiger partial charge is 0.379 e. The Morgan fingerprint density at radius 1 is 1.00 bits per heavy atom. The highest BCUT2D eigenvalue weighted by molar-refractivity contribution is 6.30. The van der Waals surface area contributed by atoms with Gasteiger partial charge in [-0.3, -0.25) is 4.90 Å². The molecule has 1 aliphatic heterocycles. The number of aromatic nitrogens is 1. The fraction of sp³-hybridized carbons (Fsp3) is 0.263. The van der Waals surface area contributed by atoms with E-state index in [1.165, 1.54) is 22.0 Å². The van der Waals surface area contributed by atoms with Gasteiger partial charge in [0.1, 0.15) is 0 Å². The van der Waals surface area contributed by atoms with Crippen LogP contribution in [0.3, 0.4) is 0 Å². The number of fused-ring (bicyclic) bond motifs is 1. The molecule has 4 rings (SSSR count). The van der Waals surface area contributed by atoms with E-state index in [0.29, 0.717) is 0 Å². The van der Waals surface area contributed by atoms with Crippen molar-refractivity contribution >= 4 is 22.5 Å². The van der Waals surface area contributed by atoms with Crippen LogP contribution in [0.1, 0.15) is 17.2 Å². The van der Waals surface area contributed by atoms with Gasteiger partial charge in [0.25, 0.3) is 0 Å².